The summed E-state index contributed by atoms with van der Waals surface area (Å²) in [5.41, 5.74) is 1.75. The van der Waals surface area contributed by atoms with Gasteiger partial charge in [-0.25, -0.2) is 0 Å². The minimum atomic E-state index is 1.08. The van der Waals surface area contributed by atoms with Gasteiger partial charge in [-0.2, -0.15) is 0 Å². The fourth-order valence-electron chi connectivity index (χ4n) is 3.58. The fourth-order valence-corrected chi connectivity index (χ4v) is 3.58. The predicted octanol–water partition coefficient (Wildman–Crippen LogP) is 5.09. The van der Waals surface area contributed by atoms with Crippen molar-refractivity contribution < 1.29 is 0 Å². The molecule has 0 radical (unpaired) electrons. The highest BCUT2D eigenvalue weighted by Gasteiger charge is 2.25. The van der Waals surface area contributed by atoms with Gasteiger partial charge in [0.1, 0.15) is 0 Å². The second kappa shape index (κ2) is 5.72. The van der Waals surface area contributed by atoms with Crippen molar-refractivity contribution in [3.63, 3.8) is 0 Å². The van der Waals surface area contributed by atoms with Gasteiger partial charge in [0.2, 0.25) is 0 Å². The van der Waals surface area contributed by atoms with Crippen LogP contribution in [0.15, 0.2) is 11.6 Å². The molecule has 2 saturated carbocycles. The highest BCUT2D eigenvalue weighted by molar-refractivity contribution is 5.05. The molecule has 0 aromatic rings. The topological polar surface area (TPSA) is 0 Å². The minimum absolute atomic E-state index is 1.08. The molecule has 0 saturated heterocycles. The lowest BCUT2D eigenvalue weighted by Crippen LogP contribution is -2.21. The van der Waals surface area contributed by atoms with Crippen molar-refractivity contribution in [2.45, 2.75) is 71.1 Å². The van der Waals surface area contributed by atoms with Gasteiger partial charge in [0.15, 0.2) is 0 Å². The molecule has 0 unspecified atom stereocenters. The Morgan fingerprint density at radius 3 is 2.13 bits per heavy atom. The van der Waals surface area contributed by atoms with Crippen LogP contribution in [0.2, 0.25) is 0 Å². The summed E-state index contributed by atoms with van der Waals surface area (Å²) >= 11 is 0. The number of allylic oxidation sites excluding steroid dienone is 2. The molecule has 2 aliphatic rings. The first-order valence-electron chi connectivity index (χ1n) is 7.08. The Kier molecular flexibility index (Phi) is 4.29. The maximum Gasteiger partial charge on any atom is -0.0318 e. The molecule has 0 aromatic carbocycles. The van der Waals surface area contributed by atoms with Crippen molar-refractivity contribution in [3.8, 4) is 0 Å². The molecule has 2 rings (SSSR count). The van der Waals surface area contributed by atoms with Crippen LogP contribution in [0.5, 0.6) is 0 Å². The van der Waals surface area contributed by atoms with Crippen LogP contribution in [0.1, 0.15) is 71.1 Å². The first-order chi connectivity index (χ1) is 7.40. The third kappa shape index (κ3) is 3.09. The number of hydrogen-bond donors (Lipinski definition) is 0. The van der Waals surface area contributed by atoms with E-state index in [9.17, 15) is 0 Å². The molecule has 2 fully saturated rings. The molecule has 0 nitrogen and oxygen atoms in total. The Bertz CT molecular complexity index is 198. The standard InChI is InChI=1S/C15H26/c1-2-6-13-9-11-15(12-10-13)14-7-4-3-5-8-14/h6,14-15H,2-5,7-12H2,1H3. The molecule has 0 spiro atoms. The lowest BCUT2D eigenvalue weighted by atomic mass is 9.72. The first-order valence-corrected chi connectivity index (χ1v) is 7.08. The van der Waals surface area contributed by atoms with E-state index in [1.165, 1.54) is 64.2 Å². The summed E-state index contributed by atoms with van der Waals surface area (Å²) < 4.78 is 0. The molecule has 0 aliphatic heterocycles. The molecule has 86 valence electrons. The largest absolute Gasteiger partial charge is 0.0856 e. The van der Waals surface area contributed by atoms with Crippen molar-refractivity contribution in [1.82, 2.24) is 0 Å². The average Bonchev–Trinajstić information content (AvgIpc) is 2.32. The Morgan fingerprint density at radius 2 is 1.53 bits per heavy atom. The summed E-state index contributed by atoms with van der Waals surface area (Å²) in [5, 5.41) is 0. The van der Waals surface area contributed by atoms with Gasteiger partial charge in [0, 0.05) is 0 Å². The van der Waals surface area contributed by atoms with Crippen molar-refractivity contribution in [1.29, 1.82) is 0 Å². The van der Waals surface area contributed by atoms with E-state index >= 15 is 0 Å². The summed E-state index contributed by atoms with van der Waals surface area (Å²) in [4.78, 5) is 0. The van der Waals surface area contributed by atoms with E-state index in [1.54, 1.807) is 5.57 Å². The Morgan fingerprint density at radius 1 is 0.933 bits per heavy atom. The van der Waals surface area contributed by atoms with Crippen molar-refractivity contribution in [3.05, 3.63) is 11.6 Å². The van der Waals surface area contributed by atoms with Crippen LogP contribution in [0, 0.1) is 11.8 Å². The third-order valence-corrected chi connectivity index (χ3v) is 4.48. The van der Waals surface area contributed by atoms with Gasteiger partial charge in [0.25, 0.3) is 0 Å². The summed E-state index contributed by atoms with van der Waals surface area (Å²) in [7, 11) is 0. The molecule has 0 bridgehead atoms. The van der Waals surface area contributed by atoms with Crippen LogP contribution in [0.3, 0.4) is 0 Å². The second-order valence-corrected chi connectivity index (χ2v) is 5.51. The summed E-state index contributed by atoms with van der Waals surface area (Å²) in [6.07, 6.45) is 17.1. The van der Waals surface area contributed by atoms with Crippen molar-refractivity contribution in [2.75, 3.05) is 0 Å². The van der Waals surface area contributed by atoms with E-state index < -0.39 is 0 Å². The monoisotopic (exact) mass is 206 g/mol. The van der Waals surface area contributed by atoms with Crippen LogP contribution in [0.25, 0.3) is 0 Å². The van der Waals surface area contributed by atoms with Gasteiger partial charge in [-0.3, -0.25) is 0 Å². The molecule has 0 atom stereocenters. The zero-order valence-electron chi connectivity index (χ0n) is 10.3. The third-order valence-electron chi connectivity index (χ3n) is 4.48. The van der Waals surface area contributed by atoms with E-state index in [1.807, 2.05) is 0 Å². The molecule has 0 heterocycles. The highest BCUT2D eigenvalue weighted by atomic mass is 14.3. The van der Waals surface area contributed by atoms with E-state index in [2.05, 4.69) is 13.0 Å². The molecule has 2 aliphatic carbocycles. The molecule has 0 amide bonds. The van der Waals surface area contributed by atoms with E-state index in [4.69, 9.17) is 0 Å². The molecule has 0 N–H and O–H groups in total. The van der Waals surface area contributed by atoms with Gasteiger partial charge in [-0.05, 0) is 43.9 Å². The second-order valence-electron chi connectivity index (χ2n) is 5.51. The van der Waals surface area contributed by atoms with Gasteiger partial charge >= 0.3 is 0 Å². The summed E-state index contributed by atoms with van der Waals surface area (Å²) in [5.74, 6) is 2.18. The Labute approximate surface area is 95.1 Å². The van der Waals surface area contributed by atoms with Gasteiger partial charge in [0.05, 0.1) is 0 Å². The Balaban J connectivity index is 1.79. The molecular formula is C15H26. The number of hydrogen-bond acceptors (Lipinski definition) is 0. The van der Waals surface area contributed by atoms with E-state index in [0.717, 1.165) is 11.8 Å². The molecule has 0 heteroatoms. The lowest BCUT2D eigenvalue weighted by molar-refractivity contribution is 0.212. The minimum Gasteiger partial charge on any atom is -0.0856 e. The summed E-state index contributed by atoms with van der Waals surface area (Å²) in [6, 6.07) is 0. The lowest BCUT2D eigenvalue weighted by Gasteiger charge is -2.33. The first kappa shape index (κ1) is 11.2. The molecular weight excluding hydrogens is 180 g/mol. The van der Waals surface area contributed by atoms with Crippen LogP contribution < -0.4 is 0 Å². The van der Waals surface area contributed by atoms with Gasteiger partial charge in [-0.1, -0.05) is 50.7 Å². The van der Waals surface area contributed by atoms with Crippen molar-refractivity contribution in [2.24, 2.45) is 11.8 Å². The average molecular weight is 206 g/mol. The smallest absolute Gasteiger partial charge is 0.0318 e. The van der Waals surface area contributed by atoms with Crippen LogP contribution in [0.4, 0.5) is 0 Å². The van der Waals surface area contributed by atoms with Crippen LogP contribution >= 0.6 is 0 Å². The molecule has 15 heavy (non-hydrogen) atoms. The van der Waals surface area contributed by atoms with Crippen LogP contribution in [-0.4, -0.2) is 0 Å². The number of rotatable bonds is 2. The maximum atomic E-state index is 2.47. The zero-order chi connectivity index (χ0) is 10.5. The van der Waals surface area contributed by atoms with E-state index in [-0.39, 0.29) is 0 Å². The van der Waals surface area contributed by atoms with Crippen molar-refractivity contribution >= 4 is 0 Å². The maximum absolute atomic E-state index is 2.47. The molecule has 0 aromatic heterocycles. The Hall–Kier alpha value is -0.260. The van der Waals surface area contributed by atoms with Crippen LogP contribution in [-0.2, 0) is 0 Å². The zero-order valence-corrected chi connectivity index (χ0v) is 10.3. The highest BCUT2D eigenvalue weighted by Crippen LogP contribution is 2.39. The summed E-state index contributed by atoms with van der Waals surface area (Å²) in [6.45, 7) is 2.26. The predicted molar refractivity (Wildman–Crippen MR) is 66.9 cm³/mol. The normalized spacial score (nSPS) is 29.1. The van der Waals surface area contributed by atoms with Gasteiger partial charge < -0.3 is 0 Å². The van der Waals surface area contributed by atoms with E-state index in [0.29, 0.717) is 0 Å². The quantitative estimate of drug-likeness (QED) is 0.552. The SMILES string of the molecule is CCC=C1CCC(C2CCCCC2)CC1. The fraction of sp³-hybridized carbons (Fsp3) is 0.867. The van der Waals surface area contributed by atoms with Gasteiger partial charge in [-0.15, -0.1) is 0 Å².